The van der Waals surface area contributed by atoms with E-state index in [-0.39, 0.29) is 0 Å². The first kappa shape index (κ1) is 11.0. The summed E-state index contributed by atoms with van der Waals surface area (Å²) in [6.07, 6.45) is 2.66. The van der Waals surface area contributed by atoms with Crippen LogP contribution in [0, 0.1) is 0 Å². The van der Waals surface area contributed by atoms with Gasteiger partial charge < -0.3 is 4.90 Å². The summed E-state index contributed by atoms with van der Waals surface area (Å²) in [5.74, 6) is 0. The average molecular weight is 184 g/mol. The van der Waals surface area contributed by atoms with Crippen molar-refractivity contribution < 1.29 is 0 Å². The molecule has 1 aliphatic rings. The Hall–Kier alpha value is -0.0800. The lowest BCUT2D eigenvalue weighted by atomic mass is 10.1. The molecule has 2 atom stereocenters. The van der Waals surface area contributed by atoms with Gasteiger partial charge in [0.2, 0.25) is 0 Å². The molecule has 0 bridgehead atoms. The molecule has 0 amide bonds. The van der Waals surface area contributed by atoms with Crippen molar-refractivity contribution in [2.24, 2.45) is 0 Å². The van der Waals surface area contributed by atoms with Gasteiger partial charge in [-0.2, -0.15) is 0 Å². The zero-order valence-electron chi connectivity index (χ0n) is 9.58. The van der Waals surface area contributed by atoms with Crippen molar-refractivity contribution in [2.45, 2.75) is 45.7 Å². The lowest BCUT2D eigenvalue weighted by molar-refractivity contribution is 0.0592. The zero-order valence-corrected chi connectivity index (χ0v) is 9.58. The first-order chi connectivity index (χ1) is 6.15. The van der Waals surface area contributed by atoms with Crippen LogP contribution in [0.1, 0.15) is 33.6 Å². The van der Waals surface area contributed by atoms with Crippen LogP contribution in [0.2, 0.25) is 0 Å². The van der Waals surface area contributed by atoms with Crippen molar-refractivity contribution >= 4 is 0 Å². The molecule has 0 aromatic carbocycles. The third-order valence-electron chi connectivity index (χ3n) is 3.23. The molecule has 1 fully saturated rings. The Bertz CT molecular complexity index is 147. The van der Waals surface area contributed by atoms with E-state index in [9.17, 15) is 0 Å². The fraction of sp³-hybridized carbons (Fsp3) is 1.00. The summed E-state index contributed by atoms with van der Waals surface area (Å²) in [5.41, 5.74) is 0. The van der Waals surface area contributed by atoms with Gasteiger partial charge in [0, 0.05) is 25.2 Å². The van der Waals surface area contributed by atoms with Crippen LogP contribution in [-0.2, 0) is 0 Å². The summed E-state index contributed by atoms with van der Waals surface area (Å²) in [4.78, 5) is 5.10. The predicted octanol–water partition coefficient (Wildman–Crippen LogP) is 1.81. The maximum absolute atomic E-state index is 2.63. The molecular formula is C11H24N2. The Balaban J connectivity index is 2.37. The molecule has 0 saturated carbocycles. The fourth-order valence-corrected chi connectivity index (χ4v) is 2.04. The van der Waals surface area contributed by atoms with Crippen LogP contribution in [0.25, 0.3) is 0 Å². The summed E-state index contributed by atoms with van der Waals surface area (Å²) in [5, 5.41) is 0. The standard InChI is InChI=1S/C11H24N2/c1-5-6-7-13-9-10(2)12(4)8-11(13)3/h10-11H,5-9H2,1-4H3/t10-,11+/m0/s1. The van der Waals surface area contributed by atoms with Crippen molar-refractivity contribution in [1.29, 1.82) is 0 Å². The summed E-state index contributed by atoms with van der Waals surface area (Å²) in [7, 11) is 2.23. The van der Waals surface area contributed by atoms with E-state index >= 15 is 0 Å². The summed E-state index contributed by atoms with van der Waals surface area (Å²) in [6, 6.07) is 1.47. The molecule has 2 heteroatoms. The molecule has 78 valence electrons. The van der Waals surface area contributed by atoms with E-state index in [1.165, 1.54) is 32.5 Å². The Morgan fingerprint density at radius 1 is 1.15 bits per heavy atom. The number of hydrogen-bond acceptors (Lipinski definition) is 2. The molecule has 0 N–H and O–H groups in total. The molecule has 0 aromatic rings. The van der Waals surface area contributed by atoms with E-state index in [1.807, 2.05) is 0 Å². The van der Waals surface area contributed by atoms with Crippen LogP contribution in [0.3, 0.4) is 0 Å². The van der Waals surface area contributed by atoms with Gasteiger partial charge in [0.1, 0.15) is 0 Å². The van der Waals surface area contributed by atoms with Crippen LogP contribution < -0.4 is 0 Å². The highest BCUT2D eigenvalue weighted by Crippen LogP contribution is 2.13. The largest absolute Gasteiger partial charge is 0.301 e. The van der Waals surface area contributed by atoms with Gasteiger partial charge in [0.15, 0.2) is 0 Å². The average Bonchev–Trinajstić information content (AvgIpc) is 2.09. The van der Waals surface area contributed by atoms with Gasteiger partial charge in [-0.15, -0.1) is 0 Å². The van der Waals surface area contributed by atoms with Gasteiger partial charge in [-0.1, -0.05) is 13.3 Å². The van der Waals surface area contributed by atoms with Crippen LogP contribution in [-0.4, -0.2) is 48.6 Å². The molecular weight excluding hydrogens is 160 g/mol. The lowest BCUT2D eigenvalue weighted by Gasteiger charge is -2.42. The minimum Gasteiger partial charge on any atom is -0.301 e. The van der Waals surface area contributed by atoms with E-state index in [0.29, 0.717) is 0 Å². The molecule has 0 aromatic heterocycles. The number of piperazine rings is 1. The van der Waals surface area contributed by atoms with Gasteiger partial charge in [0.05, 0.1) is 0 Å². The van der Waals surface area contributed by atoms with Gasteiger partial charge in [-0.05, 0) is 33.9 Å². The van der Waals surface area contributed by atoms with E-state index in [4.69, 9.17) is 0 Å². The maximum atomic E-state index is 2.63. The van der Waals surface area contributed by atoms with Gasteiger partial charge in [-0.3, -0.25) is 4.90 Å². The van der Waals surface area contributed by atoms with Crippen molar-refractivity contribution in [2.75, 3.05) is 26.7 Å². The van der Waals surface area contributed by atoms with Crippen LogP contribution in [0.15, 0.2) is 0 Å². The second-order valence-electron chi connectivity index (χ2n) is 4.49. The summed E-state index contributed by atoms with van der Waals surface area (Å²) < 4.78 is 0. The van der Waals surface area contributed by atoms with E-state index in [0.717, 1.165) is 12.1 Å². The van der Waals surface area contributed by atoms with Crippen LogP contribution >= 0.6 is 0 Å². The molecule has 0 unspecified atom stereocenters. The van der Waals surface area contributed by atoms with Gasteiger partial charge in [-0.25, -0.2) is 0 Å². The highest BCUT2D eigenvalue weighted by molar-refractivity contribution is 4.82. The van der Waals surface area contributed by atoms with E-state index in [1.54, 1.807) is 0 Å². The Morgan fingerprint density at radius 3 is 2.46 bits per heavy atom. The third kappa shape index (κ3) is 2.96. The third-order valence-corrected chi connectivity index (χ3v) is 3.23. The highest BCUT2D eigenvalue weighted by Gasteiger charge is 2.25. The topological polar surface area (TPSA) is 6.48 Å². The van der Waals surface area contributed by atoms with Gasteiger partial charge >= 0.3 is 0 Å². The van der Waals surface area contributed by atoms with E-state index < -0.39 is 0 Å². The van der Waals surface area contributed by atoms with Gasteiger partial charge in [0.25, 0.3) is 0 Å². The Morgan fingerprint density at radius 2 is 1.85 bits per heavy atom. The quantitative estimate of drug-likeness (QED) is 0.660. The second-order valence-corrected chi connectivity index (χ2v) is 4.49. The minimum absolute atomic E-state index is 0.730. The lowest BCUT2D eigenvalue weighted by Crippen LogP contribution is -2.54. The smallest absolute Gasteiger partial charge is 0.0195 e. The van der Waals surface area contributed by atoms with Crippen molar-refractivity contribution in [3.63, 3.8) is 0 Å². The zero-order chi connectivity index (χ0) is 9.84. The number of likely N-dealkylation sites (N-methyl/N-ethyl adjacent to an activating group) is 1. The minimum atomic E-state index is 0.730. The normalized spacial score (nSPS) is 32.3. The number of rotatable bonds is 3. The van der Waals surface area contributed by atoms with E-state index in [2.05, 4.69) is 37.6 Å². The molecule has 1 aliphatic heterocycles. The van der Waals surface area contributed by atoms with Crippen molar-refractivity contribution in [1.82, 2.24) is 9.80 Å². The highest BCUT2D eigenvalue weighted by atomic mass is 15.3. The molecule has 2 nitrogen and oxygen atoms in total. The summed E-state index contributed by atoms with van der Waals surface area (Å²) >= 11 is 0. The first-order valence-corrected chi connectivity index (χ1v) is 5.59. The molecule has 1 rings (SSSR count). The SMILES string of the molecule is CCCCN1C[C@H](C)N(C)C[C@H]1C. The molecule has 1 saturated heterocycles. The predicted molar refractivity (Wildman–Crippen MR) is 58.0 cm³/mol. The van der Waals surface area contributed by atoms with Crippen molar-refractivity contribution in [3.8, 4) is 0 Å². The maximum Gasteiger partial charge on any atom is 0.0195 e. The number of hydrogen-bond donors (Lipinski definition) is 0. The Kier molecular flexibility index (Phi) is 4.20. The van der Waals surface area contributed by atoms with Crippen LogP contribution in [0.5, 0.6) is 0 Å². The molecule has 0 spiro atoms. The number of nitrogens with zero attached hydrogens (tertiary/aromatic N) is 2. The van der Waals surface area contributed by atoms with Crippen molar-refractivity contribution in [3.05, 3.63) is 0 Å². The molecule has 13 heavy (non-hydrogen) atoms. The molecule has 0 aliphatic carbocycles. The molecule has 1 heterocycles. The Labute approximate surface area is 82.9 Å². The molecule has 0 radical (unpaired) electrons. The fourth-order valence-electron chi connectivity index (χ4n) is 2.04. The van der Waals surface area contributed by atoms with Crippen LogP contribution in [0.4, 0.5) is 0 Å². The first-order valence-electron chi connectivity index (χ1n) is 5.59. The number of unbranched alkanes of at least 4 members (excludes halogenated alkanes) is 1. The second kappa shape index (κ2) is 4.97. The monoisotopic (exact) mass is 184 g/mol. The summed E-state index contributed by atoms with van der Waals surface area (Å²) in [6.45, 7) is 10.7.